The molecule has 11 heteroatoms. The summed E-state index contributed by atoms with van der Waals surface area (Å²) in [5.41, 5.74) is 1.77. The van der Waals surface area contributed by atoms with Gasteiger partial charge in [-0.3, -0.25) is 14.4 Å². The summed E-state index contributed by atoms with van der Waals surface area (Å²) in [5.74, 6) is -0.489. The van der Waals surface area contributed by atoms with Crippen molar-refractivity contribution in [2.75, 3.05) is 38.0 Å². The van der Waals surface area contributed by atoms with E-state index in [-0.39, 0.29) is 16.7 Å². The largest absolute Gasteiger partial charge is 0.339 e. The van der Waals surface area contributed by atoms with Gasteiger partial charge in [-0.05, 0) is 68.4 Å². The van der Waals surface area contributed by atoms with Crippen LogP contribution in [0.3, 0.4) is 0 Å². The Hall–Kier alpha value is -2.76. The zero-order chi connectivity index (χ0) is 26.9. The fraction of sp³-hybridized carbons (Fsp3) is 0.519. The van der Waals surface area contributed by atoms with E-state index in [0.29, 0.717) is 61.8 Å². The molecule has 3 aliphatic rings. The average molecular weight is 559 g/mol. The van der Waals surface area contributed by atoms with Gasteiger partial charge < -0.3 is 15.1 Å². The number of nitrogens with one attached hydrogen (secondary N) is 1. The number of hydrogen-bond acceptors (Lipinski definition) is 6. The minimum Gasteiger partial charge on any atom is -0.339 e. The summed E-state index contributed by atoms with van der Waals surface area (Å²) in [6.07, 6.45) is 6.34. The Balaban J connectivity index is 1.39. The first-order valence-electron chi connectivity index (χ1n) is 13.4. The van der Waals surface area contributed by atoms with Gasteiger partial charge in [0.1, 0.15) is 5.00 Å². The fourth-order valence-corrected chi connectivity index (χ4v) is 8.22. The molecule has 204 valence electrons. The maximum absolute atomic E-state index is 13.6. The van der Waals surface area contributed by atoms with E-state index in [4.69, 9.17) is 0 Å². The van der Waals surface area contributed by atoms with Crippen molar-refractivity contribution < 1.29 is 22.8 Å². The van der Waals surface area contributed by atoms with Gasteiger partial charge in [-0.25, -0.2) is 8.42 Å². The van der Waals surface area contributed by atoms with Gasteiger partial charge in [-0.15, -0.1) is 11.3 Å². The standard InChI is InChI=1S/C27H34N4O5S2/c1-19(32)30-17-12-22-23(18-30)37-26(24(22)27(34)29-13-4-2-5-14-29)28-25(33)20-8-10-21(11-9-20)38(35,36)31-15-6-3-7-16-31/h8-11H,2-7,12-18H2,1H3,(H,28,33). The van der Waals surface area contributed by atoms with Gasteiger partial charge in [0.25, 0.3) is 11.8 Å². The number of carbonyl (C=O) groups excluding carboxylic acids is 3. The summed E-state index contributed by atoms with van der Waals surface area (Å²) in [5, 5.41) is 3.43. The first-order valence-corrected chi connectivity index (χ1v) is 15.6. The van der Waals surface area contributed by atoms with Crippen LogP contribution >= 0.6 is 11.3 Å². The summed E-state index contributed by atoms with van der Waals surface area (Å²) in [6.45, 7) is 4.93. The lowest BCUT2D eigenvalue weighted by Crippen LogP contribution is -2.38. The molecule has 4 heterocycles. The highest BCUT2D eigenvalue weighted by Crippen LogP contribution is 2.38. The number of sulfonamides is 1. The van der Waals surface area contributed by atoms with Crippen LogP contribution in [0.1, 0.15) is 76.6 Å². The van der Waals surface area contributed by atoms with Crippen molar-refractivity contribution in [1.82, 2.24) is 14.1 Å². The molecule has 0 radical (unpaired) electrons. The van der Waals surface area contributed by atoms with Crippen molar-refractivity contribution >= 4 is 44.1 Å². The van der Waals surface area contributed by atoms with E-state index in [1.54, 1.807) is 4.90 Å². The number of nitrogens with zero attached hydrogens (tertiary/aromatic N) is 3. The Bertz CT molecular complexity index is 1320. The topological polar surface area (TPSA) is 107 Å². The summed E-state index contributed by atoms with van der Waals surface area (Å²) < 4.78 is 27.5. The number of rotatable bonds is 5. The molecule has 0 saturated carbocycles. The van der Waals surface area contributed by atoms with Crippen LogP contribution in [0.4, 0.5) is 5.00 Å². The van der Waals surface area contributed by atoms with Crippen molar-refractivity contribution in [3.8, 4) is 0 Å². The molecular formula is C27H34N4O5S2. The summed E-state index contributed by atoms with van der Waals surface area (Å²) in [7, 11) is -3.59. The molecule has 9 nitrogen and oxygen atoms in total. The quantitative estimate of drug-likeness (QED) is 0.602. The minimum absolute atomic E-state index is 0.0156. The van der Waals surface area contributed by atoms with Gasteiger partial charge in [0.15, 0.2) is 0 Å². The number of benzene rings is 1. The Kier molecular flexibility index (Phi) is 7.88. The Labute approximate surface area is 227 Å². The minimum atomic E-state index is -3.59. The van der Waals surface area contributed by atoms with Crippen LogP contribution in [0.25, 0.3) is 0 Å². The molecule has 3 amide bonds. The van der Waals surface area contributed by atoms with E-state index in [9.17, 15) is 22.8 Å². The molecule has 1 aromatic carbocycles. The second-order valence-electron chi connectivity index (χ2n) is 10.2. The molecule has 0 spiro atoms. The lowest BCUT2D eigenvalue weighted by Gasteiger charge is -2.29. The van der Waals surface area contributed by atoms with Crippen LogP contribution in [-0.2, 0) is 27.8 Å². The van der Waals surface area contributed by atoms with Crippen LogP contribution in [0.5, 0.6) is 0 Å². The van der Waals surface area contributed by atoms with Gasteiger partial charge >= 0.3 is 0 Å². The lowest BCUT2D eigenvalue weighted by molar-refractivity contribution is -0.129. The lowest BCUT2D eigenvalue weighted by atomic mass is 10.0. The predicted molar refractivity (Wildman–Crippen MR) is 146 cm³/mol. The summed E-state index contributed by atoms with van der Waals surface area (Å²) in [6, 6.07) is 5.98. The summed E-state index contributed by atoms with van der Waals surface area (Å²) >= 11 is 1.35. The second kappa shape index (κ2) is 11.2. The summed E-state index contributed by atoms with van der Waals surface area (Å²) in [4.78, 5) is 43.6. The number of piperidine rings is 2. The zero-order valence-corrected chi connectivity index (χ0v) is 23.3. The number of likely N-dealkylation sites (tertiary alicyclic amines) is 1. The van der Waals surface area contributed by atoms with Crippen molar-refractivity contribution in [2.24, 2.45) is 0 Å². The first-order chi connectivity index (χ1) is 18.3. The molecule has 2 fully saturated rings. The van der Waals surface area contributed by atoms with Crippen LogP contribution in [0, 0.1) is 0 Å². The average Bonchev–Trinajstić information content (AvgIpc) is 3.30. The van der Waals surface area contributed by atoms with Crippen LogP contribution in [0.2, 0.25) is 0 Å². The van der Waals surface area contributed by atoms with Crippen LogP contribution in [-0.4, -0.2) is 73.0 Å². The third-order valence-corrected chi connectivity index (χ3v) is 10.7. The number of thiophene rings is 1. The van der Waals surface area contributed by atoms with Gasteiger partial charge in [0, 0.05) is 50.1 Å². The highest BCUT2D eigenvalue weighted by molar-refractivity contribution is 7.89. The van der Waals surface area contributed by atoms with Crippen LogP contribution < -0.4 is 5.32 Å². The van der Waals surface area contributed by atoms with E-state index in [1.165, 1.54) is 46.8 Å². The molecule has 1 aromatic heterocycles. The van der Waals surface area contributed by atoms with E-state index in [1.807, 2.05) is 4.90 Å². The van der Waals surface area contributed by atoms with E-state index < -0.39 is 15.9 Å². The monoisotopic (exact) mass is 558 g/mol. The molecule has 38 heavy (non-hydrogen) atoms. The molecule has 2 aromatic rings. The number of fused-ring (bicyclic) bond motifs is 1. The Morgan fingerprint density at radius 2 is 1.47 bits per heavy atom. The Morgan fingerprint density at radius 1 is 0.842 bits per heavy atom. The predicted octanol–water partition coefficient (Wildman–Crippen LogP) is 3.71. The van der Waals surface area contributed by atoms with Gasteiger partial charge in [0.05, 0.1) is 17.0 Å². The first kappa shape index (κ1) is 26.8. The number of carbonyl (C=O) groups is 3. The van der Waals surface area contributed by atoms with E-state index in [0.717, 1.165) is 49.0 Å². The normalized spacial score (nSPS) is 18.7. The molecule has 2 saturated heterocycles. The maximum Gasteiger partial charge on any atom is 0.257 e. The van der Waals surface area contributed by atoms with Gasteiger partial charge in [-0.1, -0.05) is 6.42 Å². The molecule has 0 unspecified atom stereocenters. The van der Waals surface area contributed by atoms with Gasteiger partial charge in [0.2, 0.25) is 15.9 Å². The third-order valence-electron chi connectivity index (χ3n) is 7.66. The third kappa shape index (κ3) is 5.37. The molecule has 3 aliphatic heterocycles. The smallest absolute Gasteiger partial charge is 0.257 e. The van der Waals surface area contributed by atoms with E-state index >= 15 is 0 Å². The molecule has 0 aliphatic carbocycles. The van der Waals surface area contributed by atoms with Crippen LogP contribution in [0.15, 0.2) is 29.2 Å². The van der Waals surface area contributed by atoms with Gasteiger partial charge in [-0.2, -0.15) is 4.31 Å². The molecule has 0 bridgehead atoms. The number of hydrogen-bond donors (Lipinski definition) is 1. The molecular weight excluding hydrogens is 524 g/mol. The molecule has 5 rings (SSSR count). The van der Waals surface area contributed by atoms with Crippen molar-refractivity contribution in [3.63, 3.8) is 0 Å². The molecule has 0 atom stereocenters. The Morgan fingerprint density at radius 3 is 2.11 bits per heavy atom. The van der Waals surface area contributed by atoms with E-state index in [2.05, 4.69) is 5.32 Å². The zero-order valence-electron chi connectivity index (χ0n) is 21.7. The second-order valence-corrected chi connectivity index (χ2v) is 13.2. The van der Waals surface area contributed by atoms with Crippen molar-refractivity contribution in [1.29, 1.82) is 0 Å². The van der Waals surface area contributed by atoms with Crippen molar-refractivity contribution in [3.05, 3.63) is 45.8 Å². The SMILES string of the molecule is CC(=O)N1CCc2c(sc(NC(=O)c3ccc(S(=O)(=O)N4CCCCC4)cc3)c2C(=O)N2CCCCC2)C1. The fourth-order valence-electron chi connectivity index (χ4n) is 5.45. The number of amides is 3. The molecule has 1 N–H and O–H groups in total. The van der Waals surface area contributed by atoms with Crippen molar-refractivity contribution in [2.45, 2.75) is 63.3 Å². The highest BCUT2D eigenvalue weighted by atomic mass is 32.2. The maximum atomic E-state index is 13.6. The highest BCUT2D eigenvalue weighted by Gasteiger charge is 2.32. The number of anilines is 1.